The van der Waals surface area contributed by atoms with Crippen molar-refractivity contribution in [1.29, 1.82) is 0 Å². The van der Waals surface area contributed by atoms with E-state index in [1.54, 1.807) is 13.3 Å². The molecule has 3 aliphatic rings. The molecule has 3 aliphatic heterocycles. The number of nitrogens with zero attached hydrogens (tertiary/aromatic N) is 4. The highest BCUT2D eigenvalue weighted by atomic mass is 35.5. The first-order chi connectivity index (χ1) is 24.3. The van der Waals surface area contributed by atoms with Crippen molar-refractivity contribution in [3.8, 4) is 39.5 Å². The van der Waals surface area contributed by atoms with Crippen LogP contribution in [0, 0.1) is 0 Å². The number of ether oxygens (including phenoxy) is 1. The van der Waals surface area contributed by atoms with Crippen LogP contribution in [0.5, 0.6) is 5.88 Å². The average molecular weight is 716 g/mol. The third-order valence-electron chi connectivity index (χ3n) is 9.70. The zero-order chi connectivity index (χ0) is 34.8. The molecule has 2 aromatic heterocycles. The molecule has 2 saturated heterocycles. The lowest BCUT2D eigenvalue weighted by Gasteiger charge is -2.33. The lowest BCUT2D eigenvalue weighted by molar-refractivity contribution is -0.120. The van der Waals surface area contributed by atoms with Crippen molar-refractivity contribution < 1.29 is 14.3 Å². The van der Waals surface area contributed by atoms with Crippen LogP contribution in [0.3, 0.4) is 0 Å². The first-order valence-electron chi connectivity index (χ1n) is 17.0. The summed E-state index contributed by atoms with van der Waals surface area (Å²) in [6.07, 6.45) is 5.48. The van der Waals surface area contributed by atoms with Crippen molar-refractivity contribution >= 4 is 40.8 Å². The van der Waals surface area contributed by atoms with E-state index in [0.717, 1.165) is 66.1 Å². The molecule has 0 bridgehead atoms. The number of carbonyl (C=O) groups excluding carboxylic acids is 2. The summed E-state index contributed by atoms with van der Waals surface area (Å²) in [6.45, 7) is 2.68. The number of hydrogen-bond acceptors (Lipinski definition) is 9. The number of benzene rings is 2. The topological polar surface area (TPSA) is 133 Å². The fraction of sp³-hybridized carbons (Fsp3) is 0.378. The highest BCUT2D eigenvalue weighted by Crippen LogP contribution is 2.43. The summed E-state index contributed by atoms with van der Waals surface area (Å²) >= 11 is 14.3. The van der Waals surface area contributed by atoms with Crippen LogP contribution in [-0.2, 0) is 16.1 Å². The van der Waals surface area contributed by atoms with E-state index in [1.807, 2.05) is 42.5 Å². The first-order valence-corrected chi connectivity index (χ1v) is 17.8. The van der Waals surface area contributed by atoms with Gasteiger partial charge in [0.2, 0.25) is 17.7 Å². The lowest BCUT2D eigenvalue weighted by Crippen LogP contribution is -2.40. The Balaban J connectivity index is 1.12. The van der Waals surface area contributed by atoms with Crippen LogP contribution >= 0.6 is 23.2 Å². The number of halogens is 2. The van der Waals surface area contributed by atoms with E-state index in [9.17, 15) is 9.59 Å². The third kappa shape index (κ3) is 7.14. The molecule has 4 aromatic rings. The predicted molar refractivity (Wildman–Crippen MR) is 195 cm³/mol. The van der Waals surface area contributed by atoms with Crippen LogP contribution in [0.15, 0.2) is 54.7 Å². The van der Waals surface area contributed by atoms with Gasteiger partial charge >= 0.3 is 0 Å². The summed E-state index contributed by atoms with van der Waals surface area (Å²) in [4.78, 5) is 39.9. The minimum Gasteiger partial charge on any atom is -0.480 e. The maximum Gasteiger partial charge on any atom is 0.237 e. The second-order valence-electron chi connectivity index (χ2n) is 13.1. The fourth-order valence-electron chi connectivity index (χ4n) is 6.98. The average Bonchev–Trinajstić information content (AvgIpc) is 3.75. The third-order valence-corrected chi connectivity index (χ3v) is 10.5. The van der Waals surface area contributed by atoms with Gasteiger partial charge in [-0.05, 0) is 25.3 Å². The Morgan fingerprint density at radius 1 is 0.840 bits per heavy atom. The number of amides is 2. The molecule has 0 aliphatic carbocycles. The van der Waals surface area contributed by atoms with Gasteiger partial charge in [0.15, 0.2) is 0 Å². The molecule has 260 valence electrons. The Labute approximate surface area is 301 Å². The van der Waals surface area contributed by atoms with Crippen LogP contribution in [0.25, 0.3) is 33.6 Å². The van der Waals surface area contributed by atoms with Gasteiger partial charge in [0, 0.05) is 92.0 Å². The van der Waals surface area contributed by atoms with Gasteiger partial charge in [-0.15, -0.1) is 0 Å². The zero-order valence-electron chi connectivity index (χ0n) is 28.1. The number of pyridine rings is 1. The number of carbonyl (C=O) groups is 2. The molecule has 13 heteroatoms. The maximum absolute atomic E-state index is 11.7. The molecule has 50 heavy (non-hydrogen) atoms. The highest BCUT2D eigenvalue weighted by molar-refractivity contribution is 6.39. The van der Waals surface area contributed by atoms with E-state index in [1.165, 1.54) is 0 Å². The minimum atomic E-state index is 0.0875. The Hall–Kier alpha value is -4.29. The number of hydrogen-bond donors (Lipinski definition) is 4. The summed E-state index contributed by atoms with van der Waals surface area (Å²) in [5.41, 5.74) is 6.20. The molecule has 0 saturated carbocycles. The Bertz CT molecular complexity index is 1920. The van der Waals surface area contributed by atoms with Gasteiger partial charge in [0.25, 0.3) is 0 Å². The van der Waals surface area contributed by atoms with Gasteiger partial charge in [0.1, 0.15) is 11.5 Å². The molecule has 2 amide bonds. The summed E-state index contributed by atoms with van der Waals surface area (Å²) in [5.74, 6) is 1.53. The van der Waals surface area contributed by atoms with Crippen molar-refractivity contribution in [2.75, 3.05) is 38.7 Å². The van der Waals surface area contributed by atoms with E-state index in [0.29, 0.717) is 58.8 Å². The first kappa shape index (κ1) is 34.2. The van der Waals surface area contributed by atoms with Crippen molar-refractivity contribution in [2.45, 2.75) is 56.8 Å². The van der Waals surface area contributed by atoms with E-state index < -0.39 is 0 Å². The van der Waals surface area contributed by atoms with Gasteiger partial charge in [-0.25, -0.2) is 9.97 Å². The number of aromatic nitrogens is 3. The Morgan fingerprint density at radius 2 is 1.48 bits per heavy atom. The molecule has 3 atom stereocenters. The normalized spacial score (nSPS) is 20.1. The molecule has 0 spiro atoms. The Kier molecular flexibility index (Phi) is 10.2. The molecule has 0 unspecified atom stereocenters. The number of anilines is 1. The monoisotopic (exact) mass is 714 g/mol. The predicted octanol–water partition coefficient (Wildman–Crippen LogP) is 5.31. The Morgan fingerprint density at radius 3 is 2.12 bits per heavy atom. The highest BCUT2D eigenvalue weighted by Gasteiger charge is 2.28. The summed E-state index contributed by atoms with van der Waals surface area (Å²) < 4.78 is 5.60. The fourth-order valence-corrected chi connectivity index (χ4v) is 7.63. The maximum atomic E-state index is 11.7. The SMILES string of the molecule is COc1nc(-c2cccc(-c3cccc(-c4ccc5c(n4)N(C)CC[C@@H]5NC[C@H]4CCC(=O)N4)c3Cl)c2Cl)cnc1CNC[C@H]1CCC(=O)N1. The van der Waals surface area contributed by atoms with Crippen LogP contribution in [0.2, 0.25) is 10.0 Å². The van der Waals surface area contributed by atoms with E-state index in [-0.39, 0.29) is 29.9 Å². The molecule has 5 heterocycles. The van der Waals surface area contributed by atoms with Crippen LogP contribution in [0.1, 0.15) is 49.4 Å². The molecule has 2 aromatic carbocycles. The van der Waals surface area contributed by atoms with Crippen molar-refractivity contribution in [3.05, 3.63) is 76.0 Å². The molecular formula is C37H40Cl2N8O3. The second-order valence-corrected chi connectivity index (χ2v) is 13.8. The van der Waals surface area contributed by atoms with Crippen LogP contribution in [-0.4, -0.2) is 72.6 Å². The number of methoxy groups -OCH3 is 1. The second kappa shape index (κ2) is 14.9. The van der Waals surface area contributed by atoms with Crippen LogP contribution in [0.4, 0.5) is 5.82 Å². The number of nitrogens with one attached hydrogen (secondary N) is 4. The summed E-state index contributed by atoms with van der Waals surface area (Å²) in [5, 5.41) is 14.1. The molecule has 7 rings (SSSR count). The molecule has 4 N–H and O–H groups in total. The minimum absolute atomic E-state index is 0.0875. The zero-order valence-corrected chi connectivity index (χ0v) is 29.6. The van der Waals surface area contributed by atoms with Crippen molar-refractivity contribution in [3.63, 3.8) is 0 Å². The quantitative estimate of drug-likeness (QED) is 0.163. The molecule has 0 radical (unpaired) electrons. The molecule has 11 nitrogen and oxygen atoms in total. The number of fused-ring (bicyclic) bond motifs is 1. The largest absolute Gasteiger partial charge is 0.480 e. The van der Waals surface area contributed by atoms with Gasteiger partial charge < -0.3 is 30.9 Å². The van der Waals surface area contributed by atoms with Gasteiger partial charge in [-0.1, -0.05) is 65.7 Å². The van der Waals surface area contributed by atoms with E-state index in [4.69, 9.17) is 37.9 Å². The van der Waals surface area contributed by atoms with E-state index in [2.05, 4.69) is 44.3 Å². The van der Waals surface area contributed by atoms with Crippen molar-refractivity contribution in [1.82, 2.24) is 36.2 Å². The molecule has 2 fully saturated rings. The van der Waals surface area contributed by atoms with Gasteiger partial charge in [-0.3, -0.25) is 14.6 Å². The number of rotatable bonds is 11. The molecular weight excluding hydrogens is 675 g/mol. The van der Waals surface area contributed by atoms with Gasteiger partial charge in [0.05, 0.1) is 34.7 Å². The smallest absolute Gasteiger partial charge is 0.237 e. The van der Waals surface area contributed by atoms with Crippen molar-refractivity contribution in [2.24, 2.45) is 0 Å². The standard InChI is InChI=1S/C37H40Cl2N8O3/c1-47-16-15-28(41-18-22-10-14-33(49)44-22)27-11-12-29(45-36(27)47)25-7-3-5-23(34(25)38)24-6-4-8-26(35(24)39)30-20-42-31(37(46-30)50-2)19-40-17-21-9-13-32(48)43-21/h3-8,11-12,20-22,28,40-41H,9-10,13-19H2,1-2H3,(H,43,48)(H,44,49)/t21-,22-,28+/m1/s1. The van der Waals surface area contributed by atoms with E-state index >= 15 is 0 Å². The van der Waals surface area contributed by atoms with Crippen LogP contribution < -0.4 is 30.9 Å². The summed E-state index contributed by atoms with van der Waals surface area (Å²) in [7, 11) is 3.63. The lowest BCUT2D eigenvalue weighted by atomic mass is 9.96. The summed E-state index contributed by atoms with van der Waals surface area (Å²) in [6, 6.07) is 16.3. The van der Waals surface area contributed by atoms with Gasteiger partial charge in [-0.2, -0.15) is 0 Å².